The molecule has 0 aliphatic rings. The highest BCUT2D eigenvalue weighted by Gasteiger charge is 2.26. The Bertz CT molecular complexity index is 1370. The topological polar surface area (TPSA) is 59.4 Å². The number of amides is 2. The number of aromatic nitrogens is 2. The second-order valence-corrected chi connectivity index (χ2v) is 10.3. The average molecular weight is 521 g/mol. The molecule has 0 saturated carbocycles. The van der Waals surface area contributed by atoms with Crippen molar-refractivity contribution in [2.24, 2.45) is 0 Å². The van der Waals surface area contributed by atoms with Crippen LogP contribution in [0.5, 0.6) is 11.6 Å². The molecule has 0 unspecified atom stereocenters. The van der Waals surface area contributed by atoms with Gasteiger partial charge in [-0.3, -0.25) is 0 Å². The van der Waals surface area contributed by atoms with Gasteiger partial charge in [-0.15, -0.1) is 0 Å². The number of aryl methyl sites for hydroxylation is 1. The molecule has 1 heterocycles. The third kappa shape index (κ3) is 6.89. The van der Waals surface area contributed by atoms with E-state index in [0.29, 0.717) is 22.3 Å². The predicted octanol–water partition coefficient (Wildman–Crippen LogP) is 7.28. The summed E-state index contributed by atoms with van der Waals surface area (Å²) in [6, 6.07) is 22.6. The highest BCUT2D eigenvalue weighted by molar-refractivity contribution is 6.30. The van der Waals surface area contributed by atoms with E-state index in [4.69, 9.17) is 21.4 Å². The Morgan fingerprint density at radius 3 is 2.38 bits per heavy atom. The van der Waals surface area contributed by atoms with E-state index in [1.54, 1.807) is 33.8 Å². The number of nitrogens with one attached hydrogen (secondary N) is 1. The molecule has 0 fully saturated rings. The highest BCUT2D eigenvalue weighted by Crippen LogP contribution is 2.32. The zero-order valence-corrected chi connectivity index (χ0v) is 22.1. The number of nitrogens with zero attached hydrogens (tertiary/aromatic N) is 3. The van der Waals surface area contributed by atoms with Gasteiger partial charge in [-0.2, -0.15) is 5.10 Å². The zero-order chi connectivity index (χ0) is 26.6. The summed E-state index contributed by atoms with van der Waals surface area (Å²) in [6.07, 6.45) is 0. The molecular weight excluding hydrogens is 491 g/mol. The lowest BCUT2D eigenvalue weighted by Gasteiger charge is -2.29. The fourth-order valence-corrected chi connectivity index (χ4v) is 3.99. The molecule has 0 atom stereocenters. The van der Waals surface area contributed by atoms with Gasteiger partial charge in [0, 0.05) is 17.1 Å². The first-order valence-corrected chi connectivity index (χ1v) is 12.4. The van der Waals surface area contributed by atoms with Gasteiger partial charge >= 0.3 is 6.03 Å². The van der Waals surface area contributed by atoms with E-state index in [-0.39, 0.29) is 24.9 Å². The van der Waals surface area contributed by atoms with Gasteiger partial charge in [0.25, 0.3) is 0 Å². The Morgan fingerprint density at radius 2 is 1.73 bits per heavy atom. The van der Waals surface area contributed by atoms with Crippen molar-refractivity contribution in [1.82, 2.24) is 20.0 Å². The molecule has 0 aliphatic carbocycles. The molecule has 4 aromatic rings. The largest absolute Gasteiger partial charge is 0.439 e. The van der Waals surface area contributed by atoms with Crippen molar-refractivity contribution in [1.29, 1.82) is 0 Å². The van der Waals surface area contributed by atoms with Gasteiger partial charge in [-0.1, -0.05) is 48.0 Å². The average Bonchev–Trinajstić information content (AvgIpc) is 3.14. The summed E-state index contributed by atoms with van der Waals surface area (Å²) in [5.41, 5.74) is 2.54. The van der Waals surface area contributed by atoms with E-state index >= 15 is 0 Å². The third-order valence-electron chi connectivity index (χ3n) is 5.55. The quantitative estimate of drug-likeness (QED) is 0.278. The van der Waals surface area contributed by atoms with Gasteiger partial charge in [-0.05, 0) is 75.7 Å². The van der Waals surface area contributed by atoms with E-state index < -0.39 is 5.54 Å². The number of para-hydroxylation sites is 1. The lowest BCUT2D eigenvalue weighted by molar-refractivity contribution is 0.182. The fourth-order valence-electron chi connectivity index (χ4n) is 3.81. The predicted molar refractivity (Wildman–Crippen MR) is 144 cm³/mol. The van der Waals surface area contributed by atoms with Gasteiger partial charge < -0.3 is 15.0 Å². The van der Waals surface area contributed by atoms with Crippen LogP contribution in [-0.4, -0.2) is 26.3 Å². The first kappa shape index (κ1) is 26.2. The van der Waals surface area contributed by atoms with E-state index in [9.17, 15) is 9.18 Å². The Kier molecular flexibility index (Phi) is 7.83. The summed E-state index contributed by atoms with van der Waals surface area (Å²) in [4.78, 5) is 15.1. The van der Waals surface area contributed by atoms with E-state index in [1.165, 1.54) is 12.1 Å². The molecule has 6 nitrogen and oxygen atoms in total. The molecule has 1 aromatic heterocycles. The summed E-state index contributed by atoms with van der Waals surface area (Å²) in [6.45, 7) is 8.14. The van der Waals surface area contributed by atoms with Gasteiger partial charge in [0.1, 0.15) is 11.6 Å². The summed E-state index contributed by atoms with van der Waals surface area (Å²) in [7, 11) is 0. The number of halogens is 2. The zero-order valence-electron chi connectivity index (χ0n) is 21.3. The lowest BCUT2D eigenvalue weighted by atomic mass is 10.1. The minimum Gasteiger partial charge on any atom is -0.439 e. The van der Waals surface area contributed by atoms with E-state index in [0.717, 1.165) is 16.8 Å². The van der Waals surface area contributed by atoms with Crippen molar-refractivity contribution in [3.8, 4) is 17.3 Å². The highest BCUT2D eigenvalue weighted by atomic mass is 35.5. The van der Waals surface area contributed by atoms with Gasteiger partial charge in [0.05, 0.1) is 23.5 Å². The first-order chi connectivity index (χ1) is 17.6. The number of rotatable bonds is 7. The van der Waals surface area contributed by atoms with Crippen molar-refractivity contribution in [3.63, 3.8) is 0 Å². The molecule has 192 valence electrons. The van der Waals surface area contributed by atoms with Crippen LogP contribution in [0.1, 0.15) is 37.6 Å². The normalized spacial score (nSPS) is 11.3. The molecule has 0 aliphatic heterocycles. The second kappa shape index (κ2) is 11.0. The van der Waals surface area contributed by atoms with Crippen LogP contribution in [0.4, 0.5) is 9.18 Å². The maximum absolute atomic E-state index is 13.5. The second-order valence-electron chi connectivity index (χ2n) is 9.84. The van der Waals surface area contributed by atoms with Crippen LogP contribution in [0.25, 0.3) is 5.69 Å². The van der Waals surface area contributed by atoms with Crippen LogP contribution < -0.4 is 10.1 Å². The van der Waals surface area contributed by atoms with Crippen LogP contribution in [0, 0.1) is 12.7 Å². The summed E-state index contributed by atoms with van der Waals surface area (Å²) in [5.74, 6) is 0.793. The van der Waals surface area contributed by atoms with Crippen LogP contribution in [0.15, 0.2) is 78.9 Å². The summed E-state index contributed by atoms with van der Waals surface area (Å²) >= 11 is 6.27. The Hall–Kier alpha value is -3.84. The van der Waals surface area contributed by atoms with Crippen molar-refractivity contribution < 1.29 is 13.9 Å². The molecule has 0 spiro atoms. The fraction of sp³-hybridized carbons (Fsp3) is 0.241. The number of carbonyl (C=O) groups is 1. The van der Waals surface area contributed by atoms with E-state index in [2.05, 4.69) is 5.32 Å². The lowest BCUT2D eigenvalue weighted by Crippen LogP contribution is -2.48. The van der Waals surface area contributed by atoms with Crippen LogP contribution in [0.2, 0.25) is 5.02 Å². The Morgan fingerprint density at radius 1 is 1.03 bits per heavy atom. The molecular formula is C29H30ClFN4O2. The number of urea groups is 1. The molecule has 3 aromatic carbocycles. The maximum atomic E-state index is 13.5. The number of ether oxygens (including phenoxy) is 1. The van der Waals surface area contributed by atoms with Gasteiger partial charge in [0.15, 0.2) is 0 Å². The van der Waals surface area contributed by atoms with Crippen molar-refractivity contribution in [3.05, 3.63) is 107 Å². The molecule has 1 N–H and O–H groups in total. The summed E-state index contributed by atoms with van der Waals surface area (Å²) in [5, 5.41) is 8.35. The summed E-state index contributed by atoms with van der Waals surface area (Å²) < 4.78 is 21.6. The number of benzene rings is 3. The number of hydrogen-bond donors (Lipinski definition) is 1. The minimum absolute atomic E-state index is 0.216. The van der Waals surface area contributed by atoms with E-state index in [1.807, 2.05) is 70.2 Å². The standard InChI is InChI=1S/C29H30ClFN4O2/c1-20-26(19-34(28(36)32-29(2,3)4)18-21-13-15-23(31)16-14-21)27(37-25-11-6-5-7-12-25)35(33-20)24-10-8-9-22(30)17-24/h5-17H,18-19H2,1-4H3,(H,32,36). The molecule has 0 bridgehead atoms. The van der Waals surface area contributed by atoms with Crippen molar-refractivity contribution in [2.75, 3.05) is 0 Å². The van der Waals surface area contributed by atoms with Crippen LogP contribution in [0.3, 0.4) is 0 Å². The minimum atomic E-state index is -0.443. The molecule has 4 rings (SSSR count). The number of hydrogen-bond acceptors (Lipinski definition) is 3. The molecule has 0 saturated heterocycles. The maximum Gasteiger partial charge on any atom is 0.318 e. The SMILES string of the molecule is Cc1nn(-c2cccc(Cl)c2)c(Oc2ccccc2)c1CN(Cc1ccc(F)cc1)C(=O)NC(C)(C)C. The molecule has 2 amide bonds. The molecule has 0 radical (unpaired) electrons. The monoisotopic (exact) mass is 520 g/mol. The van der Waals surface area contributed by atoms with Crippen LogP contribution in [-0.2, 0) is 13.1 Å². The van der Waals surface area contributed by atoms with Crippen molar-refractivity contribution in [2.45, 2.75) is 46.3 Å². The van der Waals surface area contributed by atoms with Crippen LogP contribution >= 0.6 is 11.6 Å². The Balaban J connectivity index is 1.76. The van der Waals surface area contributed by atoms with Crippen molar-refractivity contribution >= 4 is 17.6 Å². The first-order valence-electron chi connectivity index (χ1n) is 12.0. The molecule has 37 heavy (non-hydrogen) atoms. The molecule has 8 heteroatoms. The van der Waals surface area contributed by atoms with Gasteiger partial charge in [-0.25, -0.2) is 13.9 Å². The van der Waals surface area contributed by atoms with Gasteiger partial charge in [0.2, 0.25) is 5.88 Å². The number of carbonyl (C=O) groups excluding carboxylic acids is 1. The smallest absolute Gasteiger partial charge is 0.318 e. The Labute approximate surface area is 221 Å². The third-order valence-corrected chi connectivity index (χ3v) is 5.79.